The number of aliphatic hydroxyl groups is 1. The first-order chi connectivity index (χ1) is 5.60. The molecule has 2 nitrogen and oxygen atoms in total. The fraction of sp³-hybridized carbons (Fsp3) is 1.00. The standard InChI is InChI=1S/C10H21NO/c1-8(2)6-10(7-12)5-3-4-9(10)11/h8-9,12H,3-7,11H2,1-2H3. The molecule has 12 heavy (non-hydrogen) atoms. The topological polar surface area (TPSA) is 46.2 Å². The maximum Gasteiger partial charge on any atom is 0.0502 e. The number of hydrogen-bond donors (Lipinski definition) is 2. The van der Waals surface area contributed by atoms with Gasteiger partial charge in [-0.2, -0.15) is 0 Å². The van der Waals surface area contributed by atoms with Gasteiger partial charge in [-0.25, -0.2) is 0 Å². The monoisotopic (exact) mass is 171 g/mol. The minimum absolute atomic E-state index is 0.0498. The van der Waals surface area contributed by atoms with Gasteiger partial charge >= 0.3 is 0 Å². The average molecular weight is 171 g/mol. The van der Waals surface area contributed by atoms with Crippen LogP contribution in [0.25, 0.3) is 0 Å². The van der Waals surface area contributed by atoms with E-state index in [-0.39, 0.29) is 18.1 Å². The Balaban J connectivity index is 2.61. The summed E-state index contributed by atoms with van der Waals surface area (Å²) in [6.45, 7) is 4.66. The Kier molecular flexibility index (Phi) is 3.13. The Morgan fingerprint density at radius 3 is 2.58 bits per heavy atom. The average Bonchev–Trinajstić information content (AvgIpc) is 2.32. The molecular weight excluding hydrogens is 150 g/mol. The molecule has 0 aromatic rings. The van der Waals surface area contributed by atoms with Gasteiger partial charge in [0.25, 0.3) is 0 Å². The van der Waals surface area contributed by atoms with Crippen LogP contribution in [-0.2, 0) is 0 Å². The third-order valence-corrected chi connectivity index (χ3v) is 3.11. The molecule has 2 atom stereocenters. The molecule has 0 amide bonds. The van der Waals surface area contributed by atoms with Crippen molar-refractivity contribution in [3.05, 3.63) is 0 Å². The van der Waals surface area contributed by atoms with Gasteiger partial charge in [-0.3, -0.25) is 0 Å². The van der Waals surface area contributed by atoms with Crippen LogP contribution in [0, 0.1) is 11.3 Å². The number of rotatable bonds is 3. The summed E-state index contributed by atoms with van der Waals surface area (Å²) in [7, 11) is 0. The molecule has 1 fully saturated rings. The highest BCUT2D eigenvalue weighted by molar-refractivity contribution is 4.94. The van der Waals surface area contributed by atoms with Gasteiger partial charge < -0.3 is 10.8 Å². The first-order valence-corrected chi connectivity index (χ1v) is 4.97. The lowest BCUT2D eigenvalue weighted by atomic mass is 9.77. The number of nitrogens with two attached hydrogens (primary N) is 1. The zero-order chi connectivity index (χ0) is 9.19. The molecule has 0 aliphatic heterocycles. The van der Waals surface area contributed by atoms with Crippen LogP contribution in [0.3, 0.4) is 0 Å². The molecule has 0 bridgehead atoms. The zero-order valence-electron chi connectivity index (χ0n) is 8.21. The summed E-state index contributed by atoms with van der Waals surface area (Å²) >= 11 is 0. The quantitative estimate of drug-likeness (QED) is 0.676. The molecule has 0 heterocycles. The Labute approximate surface area is 75.2 Å². The van der Waals surface area contributed by atoms with Gasteiger partial charge in [-0.1, -0.05) is 20.3 Å². The summed E-state index contributed by atoms with van der Waals surface area (Å²) in [5.41, 5.74) is 6.06. The van der Waals surface area contributed by atoms with E-state index in [1.807, 2.05) is 0 Å². The van der Waals surface area contributed by atoms with Crippen molar-refractivity contribution in [3.63, 3.8) is 0 Å². The largest absolute Gasteiger partial charge is 0.396 e. The molecule has 0 radical (unpaired) electrons. The van der Waals surface area contributed by atoms with E-state index in [0.717, 1.165) is 19.3 Å². The Hall–Kier alpha value is -0.0800. The van der Waals surface area contributed by atoms with Gasteiger partial charge in [0.1, 0.15) is 0 Å². The zero-order valence-corrected chi connectivity index (χ0v) is 8.21. The molecule has 72 valence electrons. The van der Waals surface area contributed by atoms with Crippen molar-refractivity contribution in [3.8, 4) is 0 Å². The SMILES string of the molecule is CC(C)CC1(CO)CCCC1N. The molecule has 1 rings (SSSR count). The third kappa shape index (κ3) is 1.80. The van der Waals surface area contributed by atoms with E-state index in [1.165, 1.54) is 6.42 Å². The van der Waals surface area contributed by atoms with Crippen LogP contribution in [0.1, 0.15) is 39.5 Å². The molecule has 2 heteroatoms. The molecular formula is C10H21NO. The summed E-state index contributed by atoms with van der Waals surface area (Å²) in [6.07, 6.45) is 4.47. The fourth-order valence-corrected chi connectivity index (χ4v) is 2.49. The molecule has 3 N–H and O–H groups in total. The lowest BCUT2D eigenvalue weighted by Crippen LogP contribution is -2.41. The Morgan fingerprint density at radius 1 is 1.58 bits per heavy atom. The van der Waals surface area contributed by atoms with Crippen molar-refractivity contribution in [1.29, 1.82) is 0 Å². The first-order valence-electron chi connectivity index (χ1n) is 4.97. The maximum absolute atomic E-state index is 9.36. The highest BCUT2D eigenvalue weighted by atomic mass is 16.3. The summed E-state index contributed by atoms with van der Waals surface area (Å²) in [5.74, 6) is 0.640. The van der Waals surface area contributed by atoms with E-state index in [9.17, 15) is 5.11 Å². The molecule has 0 spiro atoms. The van der Waals surface area contributed by atoms with Crippen LogP contribution in [-0.4, -0.2) is 17.8 Å². The molecule has 0 saturated heterocycles. The second kappa shape index (κ2) is 3.75. The number of hydrogen-bond acceptors (Lipinski definition) is 2. The first kappa shape index (κ1) is 10.0. The van der Waals surface area contributed by atoms with Crippen LogP contribution < -0.4 is 5.73 Å². The Morgan fingerprint density at radius 2 is 2.25 bits per heavy atom. The summed E-state index contributed by atoms with van der Waals surface area (Å²) in [4.78, 5) is 0. The lowest BCUT2D eigenvalue weighted by molar-refractivity contribution is 0.0912. The predicted molar refractivity (Wildman–Crippen MR) is 50.8 cm³/mol. The van der Waals surface area contributed by atoms with Crippen LogP contribution in [0.15, 0.2) is 0 Å². The molecule has 0 aromatic carbocycles. The molecule has 1 aliphatic rings. The van der Waals surface area contributed by atoms with Gasteiger partial charge in [-0.05, 0) is 25.2 Å². The van der Waals surface area contributed by atoms with Crippen molar-refractivity contribution >= 4 is 0 Å². The van der Waals surface area contributed by atoms with Gasteiger partial charge in [0.15, 0.2) is 0 Å². The second-order valence-corrected chi connectivity index (χ2v) is 4.62. The van der Waals surface area contributed by atoms with Crippen molar-refractivity contribution in [2.45, 2.75) is 45.6 Å². The highest BCUT2D eigenvalue weighted by Crippen LogP contribution is 2.41. The highest BCUT2D eigenvalue weighted by Gasteiger charge is 2.40. The molecule has 1 saturated carbocycles. The van der Waals surface area contributed by atoms with E-state index in [4.69, 9.17) is 5.73 Å². The fourth-order valence-electron chi connectivity index (χ4n) is 2.49. The predicted octanol–water partition coefficient (Wildman–Crippen LogP) is 1.52. The van der Waals surface area contributed by atoms with Gasteiger partial charge in [0.05, 0.1) is 6.61 Å². The van der Waals surface area contributed by atoms with E-state index in [2.05, 4.69) is 13.8 Å². The van der Waals surface area contributed by atoms with Gasteiger partial charge in [0, 0.05) is 11.5 Å². The van der Waals surface area contributed by atoms with Crippen molar-refractivity contribution < 1.29 is 5.11 Å². The van der Waals surface area contributed by atoms with Crippen LogP contribution >= 0.6 is 0 Å². The van der Waals surface area contributed by atoms with E-state index >= 15 is 0 Å². The summed E-state index contributed by atoms with van der Waals surface area (Å²) in [6, 6.07) is 0.227. The minimum atomic E-state index is 0.0498. The molecule has 0 aromatic heterocycles. The van der Waals surface area contributed by atoms with E-state index < -0.39 is 0 Å². The van der Waals surface area contributed by atoms with Gasteiger partial charge in [0.2, 0.25) is 0 Å². The Bertz CT molecular complexity index is 147. The second-order valence-electron chi connectivity index (χ2n) is 4.62. The smallest absolute Gasteiger partial charge is 0.0502 e. The molecule has 2 unspecified atom stereocenters. The van der Waals surface area contributed by atoms with Crippen LogP contribution in [0.2, 0.25) is 0 Å². The third-order valence-electron chi connectivity index (χ3n) is 3.11. The summed E-state index contributed by atoms with van der Waals surface area (Å²) < 4.78 is 0. The van der Waals surface area contributed by atoms with Gasteiger partial charge in [-0.15, -0.1) is 0 Å². The van der Waals surface area contributed by atoms with Crippen molar-refractivity contribution in [2.24, 2.45) is 17.1 Å². The van der Waals surface area contributed by atoms with Crippen LogP contribution in [0.5, 0.6) is 0 Å². The van der Waals surface area contributed by atoms with Crippen LogP contribution in [0.4, 0.5) is 0 Å². The van der Waals surface area contributed by atoms with E-state index in [0.29, 0.717) is 5.92 Å². The molecule has 1 aliphatic carbocycles. The number of aliphatic hydroxyl groups excluding tert-OH is 1. The normalized spacial score (nSPS) is 36.2. The van der Waals surface area contributed by atoms with Crippen molar-refractivity contribution in [2.75, 3.05) is 6.61 Å². The minimum Gasteiger partial charge on any atom is -0.396 e. The van der Waals surface area contributed by atoms with Crippen molar-refractivity contribution in [1.82, 2.24) is 0 Å². The van der Waals surface area contributed by atoms with E-state index in [1.54, 1.807) is 0 Å². The summed E-state index contributed by atoms with van der Waals surface area (Å²) in [5, 5.41) is 9.36. The lowest BCUT2D eigenvalue weighted by Gasteiger charge is -2.33. The maximum atomic E-state index is 9.36.